The smallest absolute Gasteiger partial charge is 0.218 e. The van der Waals surface area contributed by atoms with Crippen molar-refractivity contribution < 1.29 is 9.13 Å². The zero-order chi connectivity index (χ0) is 12.5. The van der Waals surface area contributed by atoms with Gasteiger partial charge >= 0.3 is 0 Å². The van der Waals surface area contributed by atoms with Crippen LogP contribution in [0.15, 0.2) is 24.9 Å². The van der Waals surface area contributed by atoms with E-state index in [-0.39, 0.29) is 5.82 Å². The Morgan fingerprint density at radius 2 is 2.41 bits per heavy atom. The van der Waals surface area contributed by atoms with Gasteiger partial charge in [0.25, 0.3) is 0 Å². The fourth-order valence-electron chi connectivity index (χ4n) is 1.38. The monoisotopic (exact) mass is 238 g/mol. The number of aromatic nitrogens is 1. The molecule has 4 heteroatoms. The molecule has 0 aliphatic carbocycles. The molecule has 0 aliphatic heterocycles. The van der Waals surface area contributed by atoms with E-state index in [1.54, 1.807) is 0 Å². The predicted molar refractivity (Wildman–Crippen MR) is 66.5 cm³/mol. The van der Waals surface area contributed by atoms with E-state index in [0.29, 0.717) is 19.0 Å². The highest BCUT2D eigenvalue weighted by Gasteiger charge is 2.06. The third-order valence-corrected chi connectivity index (χ3v) is 2.25. The number of rotatable bonds is 8. The van der Waals surface area contributed by atoms with Crippen LogP contribution in [0.3, 0.4) is 0 Å². The first kappa shape index (κ1) is 13.6. The summed E-state index contributed by atoms with van der Waals surface area (Å²) in [5.74, 6) is 0.174. The molecule has 0 fully saturated rings. The van der Waals surface area contributed by atoms with Crippen LogP contribution in [0, 0.1) is 5.82 Å². The Labute approximate surface area is 102 Å². The minimum atomic E-state index is -0.337. The van der Waals surface area contributed by atoms with E-state index < -0.39 is 0 Å². The zero-order valence-electron chi connectivity index (χ0n) is 10.2. The van der Waals surface area contributed by atoms with Gasteiger partial charge in [0.15, 0.2) is 0 Å². The van der Waals surface area contributed by atoms with E-state index in [1.807, 2.05) is 13.0 Å². The van der Waals surface area contributed by atoms with Crippen LogP contribution in [0.4, 0.5) is 4.39 Å². The molecule has 1 heterocycles. The molecular weight excluding hydrogens is 219 g/mol. The van der Waals surface area contributed by atoms with Crippen LogP contribution >= 0.6 is 0 Å². The summed E-state index contributed by atoms with van der Waals surface area (Å²) in [5.41, 5.74) is 0.755. The molecule has 1 aromatic heterocycles. The minimum Gasteiger partial charge on any atom is -0.477 e. The lowest BCUT2D eigenvalue weighted by Gasteiger charge is -2.10. The molecule has 0 atom stereocenters. The Kier molecular flexibility index (Phi) is 6.25. The SMILES string of the molecule is C=CCCCOc1ncc(F)cc1CNCC. The number of nitrogens with zero attached hydrogens (tertiary/aromatic N) is 1. The molecular formula is C13H19FN2O. The molecule has 1 rings (SSSR count). The third-order valence-electron chi connectivity index (χ3n) is 2.25. The number of nitrogens with one attached hydrogen (secondary N) is 1. The number of halogens is 1. The number of hydrogen-bond donors (Lipinski definition) is 1. The quantitative estimate of drug-likeness (QED) is 0.558. The molecule has 3 nitrogen and oxygen atoms in total. The average molecular weight is 238 g/mol. The molecule has 0 aromatic carbocycles. The van der Waals surface area contributed by atoms with E-state index in [2.05, 4.69) is 16.9 Å². The molecule has 0 saturated heterocycles. The van der Waals surface area contributed by atoms with Crippen LogP contribution in [-0.4, -0.2) is 18.1 Å². The maximum atomic E-state index is 13.1. The van der Waals surface area contributed by atoms with Crippen molar-refractivity contribution in [2.45, 2.75) is 26.3 Å². The van der Waals surface area contributed by atoms with Crippen molar-refractivity contribution in [1.82, 2.24) is 10.3 Å². The van der Waals surface area contributed by atoms with Crippen molar-refractivity contribution in [2.24, 2.45) is 0 Å². The number of hydrogen-bond acceptors (Lipinski definition) is 3. The van der Waals surface area contributed by atoms with Crippen molar-refractivity contribution in [1.29, 1.82) is 0 Å². The summed E-state index contributed by atoms with van der Waals surface area (Å²) in [6.07, 6.45) is 4.83. The van der Waals surface area contributed by atoms with Crippen LogP contribution in [0.1, 0.15) is 25.3 Å². The van der Waals surface area contributed by atoms with Gasteiger partial charge in [-0.05, 0) is 25.5 Å². The van der Waals surface area contributed by atoms with E-state index in [1.165, 1.54) is 12.3 Å². The fourth-order valence-corrected chi connectivity index (χ4v) is 1.38. The summed E-state index contributed by atoms with van der Waals surface area (Å²) in [6, 6.07) is 1.46. The maximum absolute atomic E-state index is 13.1. The normalized spacial score (nSPS) is 10.2. The van der Waals surface area contributed by atoms with Gasteiger partial charge < -0.3 is 10.1 Å². The van der Waals surface area contributed by atoms with Gasteiger partial charge in [-0.25, -0.2) is 9.37 Å². The third kappa shape index (κ3) is 4.95. The van der Waals surface area contributed by atoms with Crippen molar-refractivity contribution in [2.75, 3.05) is 13.2 Å². The van der Waals surface area contributed by atoms with Crippen LogP contribution in [0.2, 0.25) is 0 Å². The minimum absolute atomic E-state index is 0.337. The summed E-state index contributed by atoms with van der Waals surface area (Å²) in [4.78, 5) is 3.97. The molecule has 0 unspecified atom stereocenters. The summed E-state index contributed by atoms with van der Waals surface area (Å²) < 4.78 is 18.6. The van der Waals surface area contributed by atoms with Gasteiger partial charge in [0.2, 0.25) is 5.88 Å². The fraction of sp³-hybridized carbons (Fsp3) is 0.462. The van der Waals surface area contributed by atoms with E-state index in [0.717, 1.165) is 24.9 Å². The molecule has 0 saturated carbocycles. The first-order valence-electron chi connectivity index (χ1n) is 5.86. The molecule has 0 radical (unpaired) electrons. The molecule has 0 bridgehead atoms. The van der Waals surface area contributed by atoms with Crippen molar-refractivity contribution in [3.05, 3.63) is 36.3 Å². The van der Waals surface area contributed by atoms with Crippen LogP contribution in [0.25, 0.3) is 0 Å². The molecule has 1 aromatic rings. The van der Waals surface area contributed by atoms with E-state index >= 15 is 0 Å². The second-order valence-corrected chi connectivity index (χ2v) is 3.68. The zero-order valence-corrected chi connectivity index (χ0v) is 10.2. The molecule has 1 N–H and O–H groups in total. The Hall–Kier alpha value is -1.42. The number of unbranched alkanes of at least 4 members (excludes halogenated alkanes) is 1. The number of allylic oxidation sites excluding steroid dienone is 1. The van der Waals surface area contributed by atoms with Crippen molar-refractivity contribution in [3.8, 4) is 5.88 Å². The van der Waals surface area contributed by atoms with Crippen LogP contribution in [0.5, 0.6) is 5.88 Å². The van der Waals surface area contributed by atoms with E-state index in [9.17, 15) is 4.39 Å². The summed E-state index contributed by atoms with van der Waals surface area (Å²) in [7, 11) is 0. The van der Waals surface area contributed by atoms with E-state index in [4.69, 9.17) is 4.74 Å². The lowest BCUT2D eigenvalue weighted by atomic mass is 10.2. The second kappa shape index (κ2) is 7.79. The molecule has 0 aliphatic rings. The number of pyridine rings is 1. The standard InChI is InChI=1S/C13H19FN2O/c1-3-5-6-7-17-13-11(9-15-4-2)8-12(14)10-16-13/h3,8,10,15H,1,4-7,9H2,2H3. The Balaban J connectivity index is 2.58. The van der Waals surface area contributed by atoms with Gasteiger partial charge in [0.05, 0.1) is 12.8 Å². The van der Waals surface area contributed by atoms with Gasteiger partial charge in [-0.2, -0.15) is 0 Å². The van der Waals surface area contributed by atoms with Gasteiger partial charge in [0, 0.05) is 12.1 Å². The molecule has 17 heavy (non-hydrogen) atoms. The first-order valence-corrected chi connectivity index (χ1v) is 5.86. The summed E-state index contributed by atoms with van der Waals surface area (Å²) in [6.45, 7) is 7.61. The highest BCUT2D eigenvalue weighted by atomic mass is 19.1. The van der Waals surface area contributed by atoms with Crippen molar-refractivity contribution >= 4 is 0 Å². The predicted octanol–water partition coefficient (Wildman–Crippen LogP) is 2.68. The lowest BCUT2D eigenvalue weighted by molar-refractivity contribution is 0.295. The average Bonchev–Trinajstić information content (AvgIpc) is 2.34. The van der Waals surface area contributed by atoms with Crippen LogP contribution < -0.4 is 10.1 Å². The van der Waals surface area contributed by atoms with Gasteiger partial charge in [0.1, 0.15) is 5.82 Å². The topological polar surface area (TPSA) is 34.1 Å². The van der Waals surface area contributed by atoms with Crippen molar-refractivity contribution in [3.63, 3.8) is 0 Å². The molecule has 0 amide bonds. The Morgan fingerprint density at radius 3 is 3.12 bits per heavy atom. The van der Waals surface area contributed by atoms with Gasteiger partial charge in [-0.1, -0.05) is 13.0 Å². The highest BCUT2D eigenvalue weighted by Crippen LogP contribution is 2.16. The molecule has 94 valence electrons. The van der Waals surface area contributed by atoms with Crippen LogP contribution in [-0.2, 0) is 6.54 Å². The first-order chi connectivity index (χ1) is 8.27. The molecule has 0 spiro atoms. The summed E-state index contributed by atoms with van der Waals surface area (Å²) in [5, 5.41) is 3.13. The Morgan fingerprint density at radius 1 is 1.59 bits per heavy atom. The van der Waals surface area contributed by atoms with Gasteiger partial charge in [-0.3, -0.25) is 0 Å². The summed E-state index contributed by atoms with van der Waals surface area (Å²) >= 11 is 0. The highest BCUT2D eigenvalue weighted by molar-refractivity contribution is 5.26. The maximum Gasteiger partial charge on any atom is 0.218 e. The lowest BCUT2D eigenvalue weighted by Crippen LogP contribution is -2.14. The van der Waals surface area contributed by atoms with Gasteiger partial charge in [-0.15, -0.1) is 6.58 Å². The number of ether oxygens (including phenoxy) is 1. The Bertz CT molecular complexity index is 355. The second-order valence-electron chi connectivity index (χ2n) is 3.68. The largest absolute Gasteiger partial charge is 0.477 e.